The molecular weight excluding hydrogens is 368 g/mol. The summed E-state index contributed by atoms with van der Waals surface area (Å²) in [6.45, 7) is -0.000201. The minimum atomic E-state index is -3.80. The molecule has 2 heterocycles. The summed E-state index contributed by atoms with van der Waals surface area (Å²) in [5, 5.41) is 6.42. The van der Waals surface area contributed by atoms with Gasteiger partial charge in [-0.1, -0.05) is 11.2 Å². The number of nitrogens with zero attached hydrogens (tertiary/aromatic N) is 3. The van der Waals surface area contributed by atoms with Gasteiger partial charge in [0.1, 0.15) is 5.69 Å². The summed E-state index contributed by atoms with van der Waals surface area (Å²) in [5.74, 6) is 0.0356. The number of amides is 1. The molecule has 0 unspecified atom stereocenters. The second-order valence-electron chi connectivity index (χ2n) is 5.79. The van der Waals surface area contributed by atoms with Crippen LogP contribution >= 0.6 is 0 Å². The summed E-state index contributed by atoms with van der Waals surface area (Å²) in [7, 11) is -0.879. The number of hydrogen-bond donors (Lipinski definition) is 1. The number of benzene rings is 1. The number of pyridine rings is 1. The lowest BCUT2D eigenvalue weighted by atomic mass is 10.2. The van der Waals surface area contributed by atoms with E-state index in [4.69, 9.17) is 4.52 Å². The molecule has 0 aliphatic heterocycles. The minimum Gasteiger partial charge on any atom is -0.359 e. The lowest BCUT2D eigenvalue weighted by molar-refractivity contribution is 0.0963. The van der Waals surface area contributed by atoms with Gasteiger partial charge in [0.25, 0.3) is 5.91 Å². The Labute approximate surface area is 156 Å². The van der Waals surface area contributed by atoms with Crippen molar-refractivity contribution < 1.29 is 17.7 Å². The van der Waals surface area contributed by atoms with E-state index >= 15 is 0 Å². The lowest BCUT2D eigenvalue weighted by Crippen LogP contribution is -2.27. The molecule has 0 saturated carbocycles. The molecule has 0 spiro atoms. The van der Waals surface area contributed by atoms with Crippen molar-refractivity contribution in [2.45, 2.75) is 11.4 Å². The summed E-state index contributed by atoms with van der Waals surface area (Å²) >= 11 is 0. The number of carbonyl (C=O) groups is 1. The fourth-order valence-corrected chi connectivity index (χ4v) is 3.65. The molecule has 9 heteroatoms. The summed E-state index contributed by atoms with van der Waals surface area (Å²) in [6.07, 6.45) is 3.30. The fourth-order valence-electron chi connectivity index (χ4n) is 2.46. The van der Waals surface area contributed by atoms with Gasteiger partial charge in [0.2, 0.25) is 10.0 Å². The molecule has 3 rings (SSSR count). The van der Waals surface area contributed by atoms with Crippen molar-refractivity contribution >= 4 is 15.9 Å². The Morgan fingerprint density at radius 2 is 2.04 bits per heavy atom. The standard InChI is InChI=1S/C18H18N4O4S/c1-19-18(23)13-5-3-7-16(9-13)27(24,25)22(2)12-15-10-17(21-26-15)14-6-4-8-20-11-14/h3-11H,12H2,1-2H3,(H,19,23). The second kappa shape index (κ2) is 7.68. The third-order valence-corrected chi connectivity index (χ3v) is 5.73. The van der Waals surface area contributed by atoms with E-state index in [1.54, 1.807) is 30.6 Å². The van der Waals surface area contributed by atoms with Crippen LogP contribution in [-0.4, -0.2) is 42.9 Å². The minimum absolute atomic E-state index is 0.000201. The number of nitrogens with one attached hydrogen (secondary N) is 1. The average Bonchev–Trinajstić information content (AvgIpc) is 3.16. The van der Waals surface area contributed by atoms with Gasteiger partial charge in [0.05, 0.1) is 11.4 Å². The quantitative estimate of drug-likeness (QED) is 0.694. The molecule has 0 saturated heterocycles. The van der Waals surface area contributed by atoms with Crippen LogP contribution in [0.5, 0.6) is 0 Å². The zero-order chi connectivity index (χ0) is 19.4. The smallest absolute Gasteiger partial charge is 0.251 e. The molecule has 0 aliphatic carbocycles. The van der Waals surface area contributed by atoms with Crippen molar-refractivity contribution in [2.24, 2.45) is 0 Å². The third kappa shape index (κ3) is 4.04. The Morgan fingerprint density at radius 1 is 1.22 bits per heavy atom. The van der Waals surface area contributed by atoms with Crippen molar-refractivity contribution in [3.63, 3.8) is 0 Å². The number of rotatable bonds is 6. The van der Waals surface area contributed by atoms with Gasteiger partial charge >= 0.3 is 0 Å². The van der Waals surface area contributed by atoms with Gasteiger partial charge in [-0.3, -0.25) is 9.78 Å². The molecule has 1 N–H and O–H groups in total. The SMILES string of the molecule is CNC(=O)c1cccc(S(=O)(=O)N(C)Cc2cc(-c3cccnc3)no2)c1. The zero-order valence-corrected chi connectivity index (χ0v) is 15.6. The van der Waals surface area contributed by atoms with Gasteiger partial charge in [-0.25, -0.2) is 8.42 Å². The van der Waals surface area contributed by atoms with E-state index in [1.807, 2.05) is 6.07 Å². The van der Waals surface area contributed by atoms with Crippen LogP contribution in [0.2, 0.25) is 0 Å². The van der Waals surface area contributed by atoms with Crippen LogP contribution in [-0.2, 0) is 16.6 Å². The van der Waals surface area contributed by atoms with Crippen LogP contribution in [0.25, 0.3) is 11.3 Å². The second-order valence-corrected chi connectivity index (χ2v) is 7.83. The van der Waals surface area contributed by atoms with E-state index in [1.165, 1.54) is 32.3 Å². The molecule has 0 atom stereocenters. The van der Waals surface area contributed by atoms with E-state index in [0.29, 0.717) is 11.5 Å². The van der Waals surface area contributed by atoms with Gasteiger partial charge in [-0.2, -0.15) is 4.31 Å². The normalized spacial score (nSPS) is 11.5. The van der Waals surface area contributed by atoms with Crippen molar-refractivity contribution in [1.29, 1.82) is 0 Å². The van der Waals surface area contributed by atoms with Crippen molar-refractivity contribution in [3.8, 4) is 11.3 Å². The van der Waals surface area contributed by atoms with Gasteiger partial charge in [-0.15, -0.1) is 0 Å². The molecule has 0 bridgehead atoms. The average molecular weight is 386 g/mol. The Kier molecular flexibility index (Phi) is 5.33. The highest BCUT2D eigenvalue weighted by atomic mass is 32.2. The van der Waals surface area contributed by atoms with Crippen LogP contribution < -0.4 is 5.32 Å². The van der Waals surface area contributed by atoms with Crippen LogP contribution in [0.15, 0.2) is 64.3 Å². The largest absolute Gasteiger partial charge is 0.359 e. The summed E-state index contributed by atoms with van der Waals surface area (Å²) in [4.78, 5) is 15.8. The predicted octanol–water partition coefficient (Wildman–Crippen LogP) is 1.92. The molecular formula is C18H18N4O4S. The fraction of sp³-hybridized carbons (Fsp3) is 0.167. The Bertz CT molecular complexity index is 1050. The maximum atomic E-state index is 12.8. The van der Waals surface area contributed by atoms with Crippen molar-refractivity contribution in [3.05, 3.63) is 66.2 Å². The maximum Gasteiger partial charge on any atom is 0.251 e. The number of sulfonamides is 1. The highest BCUT2D eigenvalue weighted by Gasteiger charge is 2.23. The monoisotopic (exact) mass is 386 g/mol. The first kappa shape index (κ1) is 18.7. The van der Waals surface area contributed by atoms with E-state index in [2.05, 4.69) is 15.5 Å². The van der Waals surface area contributed by atoms with Crippen LogP contribution in [0.4, 0.5) is 0 Å². The predicted molar refractivity (Wildman–Crippen MR) is 98.2 cm³/mol. The first-order valence-corrected chi connectivity index (χ1v) is 9.50. The maximum absolute atomic E-state index is 12.8. The molecule has 0 aliphatic rings. The number of hydrogen-bond acceptors (Lipinski definition) is 6. The van der Waals surface area contributed by atoms with Crippen LogP contribution in [0, 0.1) is 0 Å². The first-order chi connectivity index (χ1) is 12.9. The number of carbonyl (C=O) groups excluding carboxylic acids is 1. The van der Waals surface area contributed by atoms with Gasteiger partial charge in [0.15, 0.2) is 5.76 Å². The van der Waals surface area contributed by atoms with E-state index < -0.39 is 10.0 Å². The van der Waals surface area contributed by atoms with Gasteiger partial charge in [-0.05, 0) is 30.3 Å². The number of aromatic nitrogens is 2. The highest BCUT2D eigenvalue weighted by molar-refractivity contribution is 7.89. The van der Waals surface area contributed by atoms with E-state index in [0.717, 1.165) is 9.87 Å². The van der Waals surface area contributed by atoms with Gasteiger partial charge in [0, 0.05) is 43.7 Å². The molecule has 27 heavy (non-hydrogen) atoms. The van der Waals surface area contributed by atoms with E-state index in [9.17, 15) is 13.2 Å². The summed E-state index contributed by atoms with van der Waals surface area (Å²) < 4.78 is 32.0. The summed E-state index contributed by atoms with van der Waals surface area (Å²) in [5.41, 5.74) is 1.62. The van der Waals surface area contributed by atoms with Crippen molar-refractivity contribution in [2.75, 3.05) is 14.1 Å². The van der Waals surface area contributed by atoms with Crippen LogP contribution in [0.1, 0.15) is 16.1 Å². The topological polar surface area (TPSA) is 105 Å². The lowest BCUT2D eigenvalue weighted by Gasteiger charge is -2.16. The zero-order valence-electron chi connectivity index (χ0n) is 14.8. The molecule has 0 radical (unpaired) electrons. The Hall–Kier alpha value is -3.04. The summed E-state index contributed by atoms with van der Waals surface area (Å²) in [6, 6.07) is 11.1. The molecule has 1 amide bonds. The molecule has 1 aromatic carbocycles. The van der Waals surface area contributed by atoms with Gasteiger partial charge < -0.3 is 9.84 Å². The molecule has 8 nitrogen and oxygen atoms in total. The molecule has 140 valence electrons. The highest BCUT2D eigenvalue weighted by Crippen LogP contribution is 2.21. The molecule has 0 fully saturated rings. The molecule has 3 aromatic rings. The third-order valence-electron chi connectivity index (χ3n) is 3.93. The molecule has 2 aromatic heterocycles. The van der Waals surface area contributed by atoms with E-state index in [-0.39, 0.29) is 22.9 Å². The first-order valence-electron chi connectivity index (χ1n) is 8.06. The van der Waals surface area contributed by atoms with Crippen molar-refractivity contribution in [1.82, 2.24) is 19.8 Å². The van der Waals surface area contributed by atoms with Crippen LogP contribution in [0.3, 0.4) is 0 Å². The Morgan fingerprint density at radius 3 is 2.74 bits per heavy atom. The Balaban J connectivity index is 1.80.